The van der Waals surface area contributed by atoms with Crippen molar-refractivity contribution in [3.8, 4) is 0 Å². The molecule has 0 aromatic heterocycles. The number of halogens is 1. The Morgan fingerprint density at radius 3 is 2.60 bits per heavy atom. The number of nitro benzene ring substituents is 1. The molecule has 7 heteroatoms. The zero-order chi connectivity index (χ0) is 18.4. The van der Waals surface area contributed by atoms with Gasteiger partial charge in [0.1, 0.15) is 0 Å². The highest BCUT2D eigenvalue weighted by Crippen LogP contribution is 2.27. The van der Waals surface area contributed by atoms with Crippen LogP contribution in [-0.4, -0.2) is 28.8 Å². The van der Waals surface area contributed by atoms with E-state index < -0.39 is 4.92 Å². The van der Waals surface area contributed by atoms with E-state index in [0.717, 1.165) is 6.54 Å². The monoisotopic (exact) mass is 405 g/mol. The van der Waals surface area contributed by atoms with Gasteiger partial charge < -0.3 is 5.32 Å². The van der Waals surface area contributed by atoms with Crippen LogP contribution in [0.25, 0.3) is 0 Å². The van der Waals surface area contributed by atoms with E-state index in [0.29, 0.717) is 16.7 Å². The number of anilines is 1. The molecule has 0 saturated heterocycles. The lowest BCUT2D eigenvalue weighted by Crippen LogP contribution is -2.33. The maximum atomic E-state index is 12.3. The minimum atomic E-state index is -0.475. The zero-order valence-corrected chi connectivity index (χ0v) is 15.7. The molecule has 2 rings (SSSR count). The number of aryl methyl sites for hydroxylation is 1. The summed E-state index contributed by atoms with van der Waals surface area (Å²) < 4.78 is 0.483. The molecule has 1 amide bonds. The topological polar surface area (TPSA) is 75.5 Å². The molecule has 0 fully saturated rings. The number of nitro groups is 1. The van der Waals surface area contributed by atoms with Crippen LogP contribution in [0.1, 0.15) is 18.1 Å². The summed E-state index contributed by atoms with van der Waals surface area (Å²) in [6.45, 7) is 5.74. The van der Waals surface area contributed by atoms with Crippen LogP contribution in [0.2, 0.25) is 0 Å². The van der Waals surface area contributed by atoms with E-state index >= 15 is 0 Å². The zero-order valence-electron chi connectivity index (χ0n) is 14.2. The van der Waals surface area contributed by atoms with Gasteiger partial charge in [0.2, 0.25) is 5.91 Å². The largest absolute Gasteiger partial charge is 0.324 e. The van der Waals surface area contributed by atoms with Crippen LogP contribution in [0.3, 0.4) is 0 Å². The second-order valence-corrected chi connectivity index (χ2v) is 6.55. The molecule has 0 bridgehead atoms. The molecule has 0 spiro atoms. The number of nitrogens with one attached hydrogen (secondary N) is 1. The highest BCUT2D eigenvalue weighted by atomic mass is 79.9. The average molecular weight is 406 g/mol. The van der Waals surface area contributed by atoms with Crippen LogP contribution < -0.4 is 5.32 Å². The van der Waals surface area contributed by atoms with Crippen molar-refractivity contribution in [3.05, 3.63) is 68.2 Å². The van der Waals surface area contributed by atoms with Gasteiger partial charge in [-0.1, -0.05) is 31.2 Å². The van der Waals surface area contributed by atoms with Gasteiger partial charge in [0.15, 0.2) is 0 Å². The Kier molecular flexibility index (Phi) is 6.66. The van der Waals surface area contributed by atoms with Gasteiger partial charge in [-0.2, -0.15) is 0 Å². The molecule has 0 aliphatic carbocycles. The van der Waals surface area contributed by atoms with E-state index in [1.807, 2.05) is 24.0 Å². The number of carbonyl (C=O) groups excluding carboxylic acids is 1. The first kappa shape index (κ1) is 19.1. The Hall–Kier alpha value is -2.25. The van der Waals surface area contributed by atoms with Crippen LogP contribution in [0.5, 0.6) is 0 Å². The van der Waals surface area contributed by atoms with E-state index in [1.54, 1.807) is 0 Å². The molecule has 132 valence electrons. The summed E-state index contributed by atoms with van der Waals surface area (Å²) in [5, 5.41) is 13.6. The highest BCUT2D eigenvalue weighted by molar-refractivity contribution is 9.10. The van der Waals surface area contributed by atoms with Crippen molar-refractivity contribution in [2.24, 2.45) is 0 Å². The molecule has 2 aromatic rings. The second-order valence-electron chi connectivity index (χ2n) is 5.70. The van der Waals surface area contributed by atoms with Gasteiger partial charge in [0, 0.05) is 23.2 Å². The lowest BCUT2D eigenvalue weighted by Gasteiger charge is -2.21. The third-order valence-electron chi connectivity index (χ3n) is 3.91. The number of likely N-dealkylation sites (N-methyl/N-ethyl adjacent to an activating group) is 1. The summed E-state index contributed by atoms with van der Waals surface area (Å²) in [6.07, 6.45) is 0. The fourth-order valence-electron chi connectivity index (χ4n) is 2.42. The number of hydrogen-bond donors (Lipinski definition) is 1. The lowest BCUT2D eigenvalue weighted by atomic mass is 10.1. The predicted molar refractivity (Wildman–Crippen MR) is 102 cm³/mol. The smallest absolute Gasteiger partial charge is 0.270 e. The highest BCUT2D eigenvalue weighted by Gasteiger charge is 2.14. The quantitative estimate of drug-likeness (QED) is 0.554. The van der Waals surface area contributed by atoms with E-state index in [9.17, 15) is 14.9 Å². The van der Waals surface area contributed by atoms with Crippen molar-refractivity contribution in [2.45, 2.75) is 20.4 Å². The predicted octanol–water partition coefficient (Wildman–Crippen LogP) is 4.13. The van der Waals surface area contributed by atoms with Crippen LogP contribution in [0, 0.1) is 17.0 Å². The van der Waals surface area contributed by atoms with E-state index in [1.165, 1.54) is 29.3 Å². The van der Waals surface area contributed by atoms with Crippen LogP contribution >= 0.6 is 15.9 Å². The number of nitrogens with zero attached hydrogens (tertiary/aromatic N) is 2. The molecule has 0 unspecified atom stereocenters. The fourth-order valence-corrected chi connectivity index (χ4v) is 2.89. The standard InChI is InChI=1S/C18H20BrN3O3/c1-3-21(11-14-7-5-4-6-13(14)2)12-18(23)20-17-9-8-15(22(24)25)10-16(17)19/h4-10H,3,11-12H2,1-2H3,(H,20,23). The summed E-state index contributed by atoms with van der Waals surface area (Å²) in [7, 11) is 0. The first-order valence-corrected chi connectivity index (χ1v) is 8.70. The maximum Gasteiger partial charge on any atom is 0.270 e. The van der Waals surface area contributed by atoms with Crippen molar-refractivity contribution >= 4 is 33.2 Å². The number of rotatable bonds is 7. The maximum absolute atomic E-state index is 12.3. The lowest BCUT2D eigenvalue weighted by molar-refractivity contribution is -0.384. The van der Waals surface area contributed by atoms with Gasteiger partial charge in [-0.25, -0.2) is 0 Å². The summed E-state index contributed by atoms with van der Waals surface area (Å²) in [6, 6.07) is 12.4. The first-order valence-electron chi connectivity index (χ1n) is 7.91. The molecule has 0 saturated carbocycles. The van der Waals surface area contributed by atoms with Crippen molar-refractivity contribution in [2.75, 3.05) is 18.4 Å². The van der Waals surface area contributed by atoms with Crippen LogP contribution in [0.4, 0.5) is 11.4 Å². The molecule has 1 N–H and O–H groups in total. The van der Waals surface area contributed by atoms with Gasteiger partial charge >= 0.3 is 0 Å². The van der Waals surface area contributed by atoms with Crippen LogP contribution in [-0.2, 0) is 11.3 Å². The van der Waals surface area contributed by atoms with E-state index in [4.69, 9.17) is 0 Å². The molecule has 0 aliphatic heterocycles. The SMILES string of the molecule is CCN(CC(=O)Nc1ccc([N+](=O)[O-])cc1Br)Cc1ccccc1C. The number of hydrogen-bond acceptors (Lipinski definition) is 4. The molecule has 25 heavy (non-hydrogen) atoms. The summed E-state index contributed by atoms with van der Waals surface area (Å²) in [5.41, 5.74) is 2.87. The van der Waals surface area contributed by atoms with Gasteiger partial charge in [-0.05, 0) is 46.6 Å². The van der Waals surface area contributed by atoms with Gasteiger partial charge in [0.25, 0.3) is 5.69 Å². The molecule has 2 aromatic carbocycles. The first-order chi connectivity index (χ1) is 11.9. The van der Waals surface area contributed by atoms with Crippen LogP contribution in [0.15, 0.2) is 46.9 Å². The summed E-state index contributed by atoms with van der Waals surface area (Å²) in [5.74, 6) is -0.162. The van der Waals surface area contributed by atoms with Crippen molar-refractivity contribution in [1.29, 1.82) is 0 Å². The molecule has 0 radical (unpaired) electrons. The molecule has 6 nitrogen and oxygen atoms in total. The van der Waals surface area contributed by atoms with Crippen molar-refractivity contribution in [3.63, 3.8) is 0 Å². The molecular weight excluding hydrogens is 386 g/mol. The Morgan fingerprint density at radius 2 is 2.00 bits per heavy atom. The number of amides is 1. The number of benzene rings is 2. The molecule has 0 atom stereocenters. The normalized spacial score (nSPS) is 10.7. The summed E-state index contributed by atoms with van der Waals surface area (Å²) in [4.78, 5) is 24.6. The Morgan fingerprint density at radius 1 is 1.28 bits per heavy atom. The minimum absolute atomic E-state index is 0.0281. The number of carbonyl (C=O) groups is 1. The van der Waals surface area contributed by atoms with Gasteiger partial charge in [-0.3, -0.25) is 19.8 Å². The Balaban J connectivity index is 2.00. The van der Waals surface area contributed by atoms with Crippen molar-refractivity contribution in [1.82, 2.24) is 4.90 Å². The fraction of sp³-hybridized carbons (Fsp3) is 0.278. The Bertz CT molecular complexity index is 780. The van der Waals surface area contributed by atoms with E-state index in [2.05, 4.69) is 40.3 Å². The molecule has 0 aliphatic rings. The average Bonchev–Trinajstić information content (AvgIpc) is 2.57. The third kappa shape index (κ3) is 5.37. The number of non-ortho nitro benzene ring substituents is 1. The minimum Gasteiger partial charge on any atom is -0.324 e. The molecular formula is C18H20BrN3O3. The Labute approximate surface area is 155 Å². The van der Waals surface area contributed by atoms with E-state index in [-0.39, 0.29) is 18.1 Å². The van der Waals surface area contributed by atoms with Crippen molar-refractivity contribution < 1.29 is 9.72 Å². The molecule has 0 heterocycles. The summed E-state index contributed by atoms with van der Waals surface area (Å²) >= 11 is 3.26. The second kappa shape index (κ2) is 8.73. The van der Waals surface area contributed by atoms with Gasteiger partial charge in [0.05, 0.1) is 17.2 Å². The van der Waals surface area contributed by atoms with Gasteiger partial charge in [-0.15, -0.1) is 0 Å². The third-order valence-corrected chi connectivity index (χ3v) is 4.56.